The highest BCUT2D eigenvalue weighted by Crippen LogP contribution is 2.26. The summed E-state index contributed by atoms with van der Waals surface area (Å²) in [5, 5.41) is 11.1. The fraction of sp³-hybridized carbons (Fsp3) is 0.190. The minimum Gasteiger partial charge on any atom is -0.328 e. The minimum atomic E-state index is -0.613. The summed E-state index contributed by atoms with van der Waals surface area (Å²) in [6, 6.07) is 10.2. The topological polar surface area (TPSA) is 71.4 Å². The first-order valence-corrected chi connectivity index (χ1v) is 9.72. The molecule has 0 fully saturated rings. The van der Waals surface area contributed by atoms with Gasteiger partial charge in [-0.25, -0.2) is 18.7 Å². The first kappa shape index (κ1) is 20.2. The van der Waals surface area contributed by atoms with Crippen molar-refractivity contribution in [3.8, 4) is 11.4 Å². The van der Waals surface area contributed by atoms with Crippen molar-refractivity contribution < 1.29 is 8.78 Å². The maximum absolute atomic E-state index is 14.5. The van der Waals surface area contributed by atoms with Gasteiger partial charge in [0.05, 0.1) is 18.9 Å². The van der Waals surface area contributed by atoms with Crippen molar-refractivity contribution >= 4 is 11.6 Å². The van der Waals surface area contributed by atoms with Gasteiger partial charge in [0.1, 0.15) is 17.5 Å². The summed E-state index contributed by atoms with van der Waals surface area (Å²) >= 11 is 5.92. The summed E-state index contributed by atoms with van der Waals surface area (Å²) < 4.78 is 29.7. The molecule has 0 aliphatic heterocycles. The van der Waals surface area contributed by atoms with Gasteiger partial charge in [-0.15, -0.1) is 0 Å². The van der Waals surface area contributed by atoms with Gasteiger partial charge >= 0.3 is 0 Å². The number of aromatic amines is 1. The Labute approximate surface area is 177 Å². The lowest BCUT2D eigenvalue weighted by Crippen LogP contribution is -2.36. The molecule has 0 spiro atoms. The van der Waals surface area contributed by atoms with Crippen molar-refractivity contribution in [3.63, 3.8) is 0 Å². The molecule has 0 aliphatic rings. The van der Waals surface area contributed by atoms with Crippen LogP contribution in [-0.4, -0.2) is 30.8 Å². The van der Waals surface area contributed by atoms with E-state index in [-0.39, 0.29) is 6.04 Å². The van der Waals surface area contributed by atoms with Crippen LogP contribution in [0.2, 0.25) is 5.02 Å². The molecule has 0 saturated heterocycles. The Bertz CT molecular complexity index is 1110. The van der Waals surface area contributed by atoms with Gasteiger partial charge in [0, 0.05) is 40.7 Å². The second-order valence-electron chi connectivity index (χ2n) is 6.90. The van der Waals surface area contributed by atoms with Crippen molar-refractivity contribution in [1.82, 2.24) is 30.0 Å². The molecule has 2 unspecified atom stereocenters. The van der Waals surface area contributed by atoms with Crippen LogP contribution in [0.4, 0.5) is 8.78 Å². The molecule has 2 aromatic heterocycles. The smallest absolute Gasteiger partial charge is 0.181 e. The van der Waals surface area contributed by atoms with Gasteiger partial charge in [0.15, 0.2) is 5.82 Å². The van der Waals surface area contributed by atoms with Crippen molar-refractivity contribution in [1.29, 1.82) is 0 Å². The molecule has 2 aromatic carbocycles. The fourth-order valence-electron chi connectivity index (χ4n) is 3.34. The first-order valence-electron chi connectivity index (χ1n) is 9.34. The normalized spacial score (nSPS) is 13.3. The van der Waals surface area contributed by atoms with E-state index in [1.165, 1.54) is 12.1 Å². The van der Waals surface area contributed by atoms with Crippen LogP contribution in [0.25, 0.3) is 11.4 Å². The lowest BCUT2D eigenvalue weighted by molar-refractivity contribution is 0.396. The summed E-state index contributed by atoms with van der Waals surface area (Å²) in [6.07, 6.45) is 4.98. The highest BCUT2D eigenvalue weighted by Gasteiger charge is 2.24. The third-order valence-corrected chi connectivity index (χ3v) is 5.08. The van der Waals surface area contributed by atoms with Gasteiger partial charge in [0.2, 0.25) is 0 Å². The molecule has 4 rings (SSSR count). The number of nitrogens with one attached hydrogen (secondary N) is 2. The van der Waals surface area contributed by atoms with E-state index >= 15 is 0 Å². The third-order valence-electron chi connectivity index (χ3n) is 4.83. The molecule has 4 aromatic rings. The Kier molecular flexibility index (Phi) is 5.87. The molecule has 2 atom stereocenters. The van der Waals surface area contributed by atoms with Crippen molar-refractivity contribution in [2.45, 2.75) is 25.6 Å². The Morgan fingerprint density at radius 2 is 1.97 bits per heavy atom. The molecule has 30 heavy (non-hydrogen) atoms. The van der Waals surface area contributed by atoms with E-state index in [2.05, 4.69) is 25.5 Å². The van der Waals surface area contributed by atoms with Crippen molar-refractivity contribution in [3.05, 3.63) is 89.2 Å². The van der Waals surface area contributed by atoms with Gasteiger partial charge in [-0.05, 0) is 37.3 Å². The number of imidazole rings is 1. The van der Waals surface area contributed by atoms with Crippen LogP contribution < -0.4 is 5.32 Å². The van der Waals surface area contributed by atoms with Crippen LogP contribution in [0.15, 0.2) is 61.2 Å². The Morgan fingerprint density at radius 3 is 2.67 bits per heavy atom. The summed E-state index contributed by atoms with van der Waals surface area (Å²) in [5.74, 6) is -0.0210. The quantitative estimate of drug-likeness (QED) is 0.458. The van der Waals surface area contributed by atoms with E-state index < -0.39 is 17.7 Å². The second-order valence-corrected chi connectivity index (χ2v) is 7.34. The monoisotopic (exact) mass is 428 g/mol. The zero-order valence-corrected chi connectivity index (χ0v) is 16.8. The second kappa shape index (κ2) is 8.73. The van der Waals surface area contributed by atoms with E-state index in [9.17, 15) is 8.78 Å². The Morgan fingerprint density at radius 1 is 1.17 bits per heavy atom. The van der Waals surface area contributed by atoms with Gasteiger partial charge in [0.25, 0.3) is 0 Å². The molecular formula is C21H19ClF2N6. The number of nitrogens with zero attached hydrogens (tertiary/aromatic N) is 4. The molecule has 154 valence electrons. The van der Waals surface area contributed by atoms with Gasteiger partial charge in [-0.3, -0.25) is 5.10 Å². The number of hydrogen-bond donors (Lipinski definition) is 2. The SMILES string of the molecule is CC(NCc1nc(-c2ccc(Cl)cc2)n[nH]1)C(c1ccc(F)cc1F)n1ccnc1. The predicted molar refractivity (Wildman–Crippen MR) is 110 cm³/mol. The summed E-state index contributed by atoms with van der Waals surface area (Å²) in [6.45, 7) is 2.31. The number of rotatable bonds is 7. The molecule has 0 saturated carbocycles. The highest BCUT2D eigenvalue weighted by atomic mass is 35.5. The minimum absolute atomic E-state index is 0.219. The largest absolute Gasteiger partial charge is 0.328 e. The Hall–Kier alpha value is -3.10. The lowest BCUT2D eigenvalue weighted by atomic mass is 9.99. The molecule has 9 heteroatoms. The van der Waals surface area contributed by atoms with E-state index in [1.54, 1.807) is 35.4 Å². The van der Waals surface area contributed by atoms with Crippen LogP contribution in [-0.2, 0) is 6.54 Å². The molecular weight excluding hydrogens is 410 g/mol. The third kappa shape index (κ3) is 4.39. The van der Waals surface area contributed by atoms with Gasteiger partial charge in [-0.2, -0.15) is 5.10 Å². The molecule has 2 N–H and O–H groups in total. The zero-order chi connectivity index (χ0) is 21.1. The number of hydrogen-bond acceptors (Lipinski definition) is 4. The van der Waals surface area contributed by atoms with Crippen LogP contribution >= 0.6 is 11.6 Å². The summed E-state index contributed by atoms with van der Waals surface area (Å²) in [7, 11) is 0. The van der Waals surface area contributed by atoms with Crippen LogP contribution in [0.3, 0.4) is 0 Å². The fourth-order valence-corrected chi connectivity index (χ4v) is 3.46. The van der Waals surface area contributed by atoms with Crippen LogP contribution in [0.1, 0.15) is 24.4 Å². The molecule has 0 bridgehead atoms. The van der Waals surface area contributed by atoms with E-state index in [1.807, 2.05) is 19.1 Å². The standard InChI is InChI=1S/C21H19ClF2N6/c1-13(20(30-9-8-25-12-30)17-7-6-16(23)10-18(17)24)26-11-19-27-21(29-28-19)14-2-4-15(22)5-3-14/h2-10,12-13,20,26H,11H2,1H3,(H,27,28,29). The average Bonchev–Trinajstić information content (AvgIpc) is 3.41. The van der Waals surface area contributed by atoms with Crippen LogP contribution in [0, 0.1) is 11.6 Å². The number of aromatic nitrogens is 5. The molecule has 6 nitrogen and oxygen atoms in total. The van der Waals surface area contributed by atoms with E-state index in [0.29, 0.717) is 28.8 Å². The van der Waals surface area contributed by atoms with E-state index in [4.69, 9.17) is 11.6 Å². The summed E-state index contributed by atoms with van der Waals surface area (Å²) in [4.78, 5) is 8.55. The molecule has 2 heterocycles. The Balaban J connectivity index is 1.51. The molecule has 0 amide bonds. The number of H-pyrrole nitrogens is 1. The maximum atomic E-state index is 14.5. The van der Waals surface area contributed by atoms with Crippen LogP contribution in [0.5, 0.6) is 0 Å². The summed E-state index contributed by atoms with van der Waals surface area (Å²) in [5.41, 5.74) is 1.22. The maximum Gasteiger partial charge on any atom is 0.181 e. The van der Waals surface area contributed by atoms with Crippen molar-refractivity contribution in [2.24, 2.45) is 0 Å². The zero-order valence-electron chi connectivity index (χ0n) is 16.1. The highest BCUT2D eigenvalue weighted by molar-refractivity contribution is 6.30. The molecule has 0 radical (unpaired) electrons. The number of halogens is 3. The lowest BCUT2D eigenvalue weighted by Gasteiger charge is -2.27. The first-order chi connectivity index (χ1) is 14.5. The molecule has 0 aliphatic carbocycles. The van der Waals surface area contributed by atoms with Crippen molar-refractivity contribution in [2.75, 3.05) is 0 Å². The predicted octanol–water partition coefficient (Wildman–Crippen LogP) is 4.37. The van der Waals surface area contributed by atoms with Gasteiger partial charge < -0.3 is 9.88 Å². The van der Waals surface area contributed by atoms with E-state index in [0.717, 1.165) is 11.6 Å². The van der Waals surface area contributed by atoms with Gasteiger partial charge in [-0.1, -0.05) is 17.7 Å². The average molecular weight is 429 g/mol. The number of benzene rings is 2.